The van der Waals surface area contributed by atoms with Crippen LogP contribution in [-0.2, 0) is 6.42 Å². The summed E-state index contributed by atoms with van der Waals surface area (Å²) in [6.45, 7) is 11.7. The van der Waals surface area contributed by atoms with E-state index < -0.39 is 0 Å². The summed E-state index contributed by atoms with van der Waals surface area (Å²) in [5.74, 6) is 0.677. The highest BCUT2D eigenvalue weighted by molar-refractivity contribution is 5.97. The third-order valence-electron chi connectivity index (χ3n) is 4.95. The molecule has 1 heterocycles. The van der Waals surface area contributed by atoms with Gasteiger partial charge in [0.1, 0.15) is 5.84 Å². The number of unbranched alkanes of at least 4 members (excludes halogenated alkanes) is 1. The smallest absolute Gasteiger partial charge is 0.125 e. The van der Waals surface area contributed by atoms with Gasteiger partial charge >= 0.3 is 0 Å². The van der Waals surface area contributed by atoms with Gasteiger partial charge in [0.25, 0.3) is 0 Å². The van der Waals surface area contributed by atoms with E-state index >= 15 is 0 Å². The molecular weight excluding hydrogens is 356 g/mol. The first-order chi connectivity index (χ1) is 14.0. The summed E-state index contributed by atoms with van der Waals surface area (Å²) in [6, 6.07) is 8.88. The predicted molar refractivity (Wildman–Crippen MR) is 128 cm³/mol. The van der Waals surface area contributed by atoms with E-state index in [4.69, 9.17) is 11.1 Å². The number of aryl methyl sites for hydroxylation is 1. The lowest BCUT2D eigenvalue weighted by Crippen LogP contribution is -2.34. The number of hydrogen-bond donors (Lipinski definition) is 3. The van der Waals surface area contributed by atoms with Crippen molar-refractivity contribution in [2.45, 2.75) is 58.9 Å². The fourth-order valence-electron chi connectivity index (χ4n) is 3.14. The molecule has 1 aliphatic rings. The van der Waals surface area contributed by atoms with E-state index in [0.717, 1.165) is 42.6 Å². The molecule has 158 valence electrons. The maximum atomic E-state index is 7.00. The number of amidine groups is 1. The molecule has 0 bridgehead atoms. The van der Waals surface area contributed by atoms with Gasteiger partial charge in [-0.05, 0) is 62.8 Å². The Bertz CT molecular complexity index is 705. The summed E-state index contributed by atoms with van der Waals surface area (Å²) in [6.07, 6.45) is 12.8. The standard InChI is InChI=1S/C16H25N3.C9H13N/c1-2-3-5-13-7-9-14(10-8-13)16(17)19-15-6-4-11-18-12-15;1-4-6-8(3)9(5-2)7-10/h7-10,15,18H,2-6,11-12H2,1H3,(H2,17,19);4-7,10H,1H2,2-3H3/b;8-6-,9-5-,10-7?/t15-;/m1./s1. The first-order valence-corrected chi connectivity index (χ1v) is 10.6. The molecule has 0 unspecified atom stereocenters. The second-order valence-electron chi connectivity index (χ2n) is 7.29. The molecule has 1 atom stereocenters. The maximum Gasteiger partial charge on any atom is 0.125 e. The summed E-state index contributed by atoms with van der Waals surface area (Å²) in [4.78, 5) is 4.63. The average Bonchev–Trinajstić information content (AvgIpc) is 2.75. The van der Waals surface area contributed by atoms with E-state index in [1.54, 1.807) is 6.08 Å². The van der Waals surface area contributed by atoms with E-state index in [1.807, 2.05) is 26.0 Å². The molecular formula is C25H38N4. The molecule has 0 aliphatic carbocycles. The highest BCUT2D eigenvalue weighted by Gasteiger charge is 2.12. The van der Waals surface area contributed by atoms with E-state index in [1.165, 1.54) is 31.0 Å². The molecule has 0 saturated carbocycles. The summed E-state index contributed by atoms with van der Waals surface area (Å²) in [5.41, 5.74) is 10.6. The van der Waals surface area contributed by atoms with Crippen LogP contribution < -0.4 is 11.1 Å². The van der Waals surface area contributed by atoms with Crippen molar-refractivity contribution in [3.63, 3.8) is 0 Å². The van der Waals surface area contributed by atoms with Gasteiger partial charge in [-0.15, -0.1) is 0 Å². The van der Waals surface area contributed by atoms with Crippen molar-refractivity contribution in [1.29, 1.82) is 5.41 Å². The number of rotatable bonds is 8. The Labute approximate surface area is 177 Å². The van der Waals surface area contributed by atoms with Crippen LogP contribution in [0.5, 0.6) is 0 Å². The lowest BCUT2D eigenvalue weighted by atomic mass is 10.1. The monoisotopic (exact) mass is 394 g/mol. The quantitative estimate of drug-likeness (QED) is 0.322. The molecule has 0 aromatic heterocycles. The highest BCUT2D eigenvalue weighted by atomic mass is 15.0. The number of allylic oxidation sites excluding steroid dienone is 5. The number of hydrogen-bond acceptors (Lipinski definition) is 3. The third kappa shape index (κ3) is 9.53. The molecule has 0 amide bonds. The Morgan fingerprint density at radius 2 is 2.07 bits per heavy atom. The second-order valence-corrected chi connectivity index (χ2v) is 7.29. The molecule has 1 saturated heterocycles. The molecule has 1 aromatic rings. The van der Waals surface area contributed by atoms with Crippen LogP contribution >= 0.6 is 0 Å². The van der Waals surface area contributed by atoms with E-state index in [0.29, 0.717) is 11.9 Å². The van der Waals surface area contributed by atoms with E-state index in [-0.39, 0.29) is 0 Å². The molecule has 0 spiro atoms. The molecule has 1 aliphatic heterocycles. The summed E-state index contributed by atoms with van der Waals surface area (Å²) in [5, 5.41) is 10.4. The molecule has 1 aromatic carbocycles. The molecule has 4 heteroatoms. The Kier molecular flexibility index (Phi) is 12.3. The van der Waals surface area contributed by atoms with Gasteiger partial charge in [0.05, 0.1) is 6.04 Å². The molecule has 4 nitrogen and oxygen atoms in total. The Hall–Kier alpha value is -2.46. The van der Waals surface area contributed by atoms with Crippen LogP contribution in [0, 0.1) is 5.41 Å². The van der Waals surface area contributed by atoms with Gasteiger partial charge in [-0.2, -0.15) is 0 Å². The Balaban J connectivity index is 0.000000359. The van der Waals surface area contributed by atoms with Gasteiger partial charge in [0.15, 0.2) is 0 Å². The van der Waals surface area contributed by atoms with Crippen molar-refractivity contribution in [3.8, 4) is 0 Å². The molecule has 2 rings (SSSR count). The maximum absolute atomic E-state index is 7.00. The van der Waals surface area contributed by atoms with Gasteiger partial charge < -0.3 is 16.5 Å². The predicted octanol–water partition coefficient (Wildman–Crippen LogP) is 5.20. The Morgan fingerprint density at radius 3 is 2.59 bits per heavy atom. The molecule has 0 radical (unpaired) electrons. The van der Waals surface area contributed by atoms with E-state index in [9.17, 15) is 0 Å². The van der Waals surface area contributed by atoms with Crippen LogP contribution in [0.1, 0.15) is 57.6 Å². The van der Waals surface area contributed by atoms with Crippen LogP contribution in [0.25, 0.3) is 0 Å². The van der Waals surface area contributed by atoms with Gasteiger partial charge in [0.2, 0.25) is 0 Å². The van der Waals surface area contributed by atoms with Crippen LogP contribution in [0.3, 0.4) is 0 Å². The lowest BCUT2D eigenvalue weighted by Gasteiger charge is -2.19. The van der Waals surface area contributed by atoms with Gasteiger partial charge in [-0.1, -0.05) is 62.4 Å². The minimum atomic E-state index is 0.341. The number of aliphatic imine (C=N–C) groups is 1. The SMILES string of the molecule is C=C/C=C(C)\C(C=N)=C/C.CCCCc1ccc(C(N)=N[C@@H]2CCCNC2)cc1. The van der Waals surface area contributed by atoms with Crippen LogP contribution in [0.4, 0.5) is 0 Å². The minimum Gasteiger partial charge on any atom is -0.383 e. The number of nitrogens with zero attached hydrogens (tertiary/aromatic N) is 1. The van der Waals surface area contributed by atoms with Crippen LogP contribution in [0.2, 0.25) is 0 Å². The van der Waals surface area contributed by atoms with Gasteiger partial charge in [-0.3, -0.25) is 4.99 Å². The van der Waals surface area contributed by atoms with Crippen molar-refractivity contribution in [2.24, 2.45) is 10.7 Å². The average molecular weight is 395 g/mol. The van der Waals surface area contributed by atoms with Crippen LogP contribution in [-0.4, -0.2) is 31.2 Å². The third-order valence-corrected chi connectivity index (χ3v) is 4.95. The lowest BCUT2D eigenvalue weighted by molar-refractivity contribution is 0.461. The molecule has 4 N–H and O–H groups in total. The zero-order chi connectivity index (χ0) is 21.5. The topological polar surface area (TPSA) is 74.3 Å². The van der Waals surface area contributed by atoms with Crippen molar-refractivity contribution < 1.29 is 0 Å². The van der Waals surface area contributed by atoms with Gasteiger partial charge in [0, 0.05) is 18.3 Å². The first-order valence-electron chi connectivity index (χ1n) is 10.6. The summed E-state index contributed by atoms with van der Waals surface area (Å²) in [7, 11) is 0. The fraction of sp³-hybridized carbons (Fsp3) is 0.440. The minimum absolute atomic E-state index is 0.341. The van der Waals surface area contributed by atoms with E-state index in [2.05, 4.69) is 48.1 Å². The van der Waals surface area contributed by atoms with Crippen molar-refractivity contribution in [1.82, 2.24) is 5.32 Å². The second kappa shape index (κ2) is 14.5. The van der Waals surface area contributed by atoms with Gasteiger partial charge in [-0.25, -0.2) is 0 Å². The zero-order valence-electron chi connectivity index (χ0n) is 18.4. The normalized spacial score (nSPS) is 17.9. The number of piperidine rings is 1. The molecule has 1 fully saturated rings. The largest absolute Gasteiger partial charge is 0.383 e. The summed E-state index contributed by atoms with van der Waals surface area (Å²) >= 11 is 0. The number of nitrogens with one attached hydrogen (secondary N) is 2. The van der Waals surface area contributed by atoms with Crippen LogP contribution in [0.15, 0.2) is 65.2 Å². The summed E-state index contributed by atoms with van der Waals surface area (Å²) < 4.78 is 0. The van der Waals surface area contributed by atoms with Crippen molar-refractivity contribution >= 4 is 12.1 Å². The Morgan fingerprint density at radius 1 is 1.34 bits per heavy atom. The highest BCUT2D eigenvalue weighted by Crippen LogP contribution is 2.10. The van der Waals surface area contributed by atoms with Crippen molar-refractivity contribution in [2.75, 3.05) is 13.1 Å². The fourth-order valence-corrected chi connectivity index (χ4v) is 3.14. The van der Waals surface area contributed by atoms with Crippen molar-refractivity contribution in [3.05, 3.63) is 71.3 Å². The number of benzene rings is 1. The first kappa shape index (κ1) is 24.6. The zero-order valence-corrected chi connectivity index (χ0v) is 18.4. The molecule has 29 heavy (non-hydrogen) atoms. The number of nitrogens with two attached hydrogens (primary N) is 1.